The van der Waals surface area contributed by atoms with Crippen LogP contribution in [-0.2, 0) is 14.9 Å². The summed E-state index contributed by atoms with van der Waals surface area (Å²) in [4.78, 5) is 31.4. The number of anilines is 1. The minimum atomic E-state index is -0.181. The van der Waals surface area contributed by atoms with Gasteiger partial charge in [0.25, 0.3) is 0 Å². The Kier molecular flexibility index (Phi) is 6.58. The third-order valence-corrected chi connectivity index (χ3v) is 8.31. The number of aryl methyl sites for hydroxylation is 1. The van der Waals surface area contributed by atoms with Gasteiger partial charge in [0, 0.05) is 43.6 Å². The Hall–Kier alpha value is -2.86. The first-order valence-electron chi connectivity index (χ1n) is 13.1. The summed E-state index contributed by atoms with van der Waals surface area (Å²) in [5.41, 5.74) is 6.03. The van der Waals surface area contributed by atoms with E-state index in [-0.39, 0.29) is 17.4 Å². The molecule has 2 aromatic carbocycles. The number of piperidine rings is 2. The lowest BCUT2D eigenvalue weighted by Crippen LogP contribution is -2.52. The maximum Gasteiger partial charge on any atom is 0.409 e. The van der Waals surface area contributed by atoms with E-state index in [0.717, 1.165) is 69.7 Å². The van der Waals surface area contributed by atoms with Crippen LogP contribution >= 0.6 is 0 Å². The molecule has 2 aromatic rings. The Labute approximate surface area is 208 Å². The lowest BCUT2D eigenvalue weighted by Gasteiger charge is -2.45. The molecule has 0 N–H and O–H groups in total. The third kappa shape index (κ3) is 4.44. The molecule has 1 spiro atoms. The van der Waals surface area contributed by atoms with E-state index in [1.165, 1.54) is 16.7 Å². The predicted octanol–water partition coefficient (Wildman–Crippen LogP) is 4.98. The maximum absolute atomic E-state index is 12.8. The molecule has 0 bridgehead atoms. The summed E-state index contributed by atoms with van der Waals surface area (Å²) in [7, 11) is 0. The van der Waals surface area contributed by atoms with Crippen LogP contribution in [-0.4, -0.2) is 67.2 Å². The van der Waals surface area contributed by atoms with E-state index in [4.69, 9.17) is 4.74 Å². The summed E-state index contributed by atoms with van der Waals surface area (Å²) >= 11 is 0. The molecule has 0 saturated carbocycles. The third-order valence-electron chi connectivity index (χ3n) is 8.31. The average Bonchev–Trinajstić information content (AvgIpc) is 3.19. The van der Waals surface area contributed by atoms with Crippen molar-refractivity contribution >= 4 is 17.7 Å². The molecule has 0 aromatic heterocycles. The van der Waals surface area contributed by atoms with Gasteiger partial charge in [-0.05, 0) is 63.7 Å². The van der Waals surface area contributed by atoms with E-state index in [0.29, 0.717) is 12.6 Å². The molecule has 35 heavy (non-hydrogen) atoms. The van der Waals surface area contributed by atoms with Gasteiger partial charge in [0.05, 0.1) is 12.3 Å². The number of benzene rings is 2. The highest BCUT2D eigenvalue weighted by Gasteiger charge is 2.47. The van der Waals surface area contributed by atoms with Gasteiger partial charge in [-0.15, -0.1) is 0 Å². The molecule has 0 aliphatic carbocycles. The number of ether oxygens (including phenoxy) is 1. The van der Waals surface area contributed by atoms with Crippen LogP contribution in [0.15, 0.2) is 42.5 Å². The zero-order valence-electron chi connectivity index (χ0n) is 21.3. The molecule has 6 nitrogen and oxygen atoms in total. The second-order valence-corrected chi connectivity index (χ2v) is 10.4. The van der Waals surface area contributed by atoms with E-state index in [1.807, 2.05) is 16.7 Å². The highest BCUT2D eigenvalue weighted by atomic mass is 16.6. The number of carbonyl (C=O) groups is 2. The number of para-hydroxylation sites is 1. The van der Waals surface area contributed by atoms with Gasteiger partial charge in [-0.2, -0.15) is 0 Å². The van der Waals surface area contributed by atoms with Gasteiger partial charge < -0.3 is 19.4 Å². The van der Waals surface area contributed by atoms with Crippen molar-refractivity contribution in [3.8, 4) is 11.1 Å². The van der Waals surface area contributed by atoms with Crippen LogP contribution in [0, 0.1) is 6.92 Å². The second-order valence-electron chi connectivity index (χ2n) is 10.4. The second kappa shape index (κ2) is 9.65. The van der Waals surface area contributed by atoms with Crippen molar-refractivity contribution in [2.45, 2.75) is 57.9 Å². The van der Waals surface area contributed by atoms with Crippen LogP contribution in [0.3, 0.4) is 0 Å². The molecule has 186 valence electrons. The van der Waals surface area contributed by atoms with E-state index in [9.17, 15) is 9.59 Å². The number of fused-ring (bicyclic) bond motifs is 2. The van der Waals surface area contributed by atoms with Crippen molar-refractivity contribution in [1.29, 1.82) is 0 Å². The van der Waals surface area contributed by atoms with Crippen LogP contribution in [0.4, 0.5) is 10.5 Å². The Morgan fingerprint density at radius 1 is 1.03 bits per heavy atom. The quantitative estimate of drug-likeness (QED) is 0.628. The number of likely N-dealkylation sites (tertiary alicyclic amines) is 2. The first-order valence-corrected chi connectivity index (χ1v) is 13.1. The van der Waals surface area contributed by atoms with Crippen molar-refractivity contribution < 1.29 is 14.3 Å². The summed E-state index contributed by atoms with van der Waals surface area (Å²) in [6.07, 6.45) is 3.93. The summed E-state index contributed by atoms with van der Waals surface area (Å²) in [6, 6.07) is 15.7. The van der Waals surface area contributed by atoms with Crippen LogP contribution in [0.25, 0.3) is 11.1 Å². The van der Waals surface area contributed by atoms with Crippen molar-refractivity contribution in [2.24, 2.45) is 0 Å². The summed E-state index contributed by atoms with van der Waals surface area (Å²) in [6.45, 7) is 10.5. The lowest BCUT2D eigenvalue weighted by molar-refractivity contribution is -0.116. The minimum Gasteiger partial charge on any atom is -0.450 e. The van der Waals surface area contributed by atoms with Gasteiger partial charge in [0.2, 0.25) is 5.91 Å². The fourth-order valence-electron chi connectivity index (χ4n) is 6.42. The normalized spacial score (nSPS) is 20.2. The molecule has 3 aliphatic rings. The fraction of sp³-hybridized carbons (Fsp3) is 0.517. The number of amides is 2. The number of nitrogens with zero attached hydrogens (tertiary/aromatic N) is 3. The largest absolute Gasteiger partial charge is 0.450 e. The number of hydrogen-bond donors (Lipinski definition) is 0. The Morgan fingerprint density at radius 2 is 1.74 bits per heavy atom. The van der Waals surface area contributed by atoms with Gasteiger partial charge in [-0.25, -0.2) is 4.79 Å². The van der Waals surface area contributed by atoms with Gasteiger partial charge in [0.1, 0.15) is 0 Å². The Balaban J connectivity index is 1.34. The van der Waals surface area contributed by atoms with Crippen molar-refractivity contribution in [2.75, 3.05) is 44.2 Å². The molecular weight excluding hydrogens is 438 g/mol. The smallest absolute Gasteiger partial charge is 0.409 e. The van der Waals surface area contributed by atoms with Crippen molar-refractivity contribution in [1.82, 2.24) is 9.80 Å². The molecule has 0 unspecified atom stereocenters. The van der Waals surface area contributed by atoms with E-state index in [2.05, 4.69) is 54.3 Å². The Morgan fingerprint density at radius 3 is 2.40 bits per heavy atom. The highest BCUT2D eigenvalue weighted by molar-refractivity contribution is 6.00. The maximum atomic E-state index is 12.8. The number of carbonyl (C=O) groups excluding carboxylic acids is 2. The first kappa shape index (κ1) is 23.9. The zero-order chi connectivity index (χ0) is 24.6. The lowest BCUT2D eigenvalue weighted by atomic mass is 9.73. The van der Waals surface area contributed by atoms with Crippen LogP contribution in [0.5, 0.6) is 0 Å². The van der Waals surface area contributed by atoms with Crippen LogP contribution in [0.1, 0.15) is 50.7 Å². The minimum absolute atomic E-state index is 0.0168. The zero-order valence-corrected chi connectivity index (χ0v) is 21.3. The van der Waals surface area contributed by atoms with Crippen LogP contribution < -0.4 is 4.90 Å². The summed E-state index contributed by atoms with van der Waals surface area (Å²) in [5.74, 6) is 0.122. The molecule has 0 radical (unpaired) electrons. The molecule has 2 fully saturated rings. The standard InChI is InChI=1S/C29H37N3O3/c1-4-35-28(34)31-15-11-24(12-16-31)30-17-13-29(14-18-30)20-32(22(3)33)27-25(9-6-10-26(27)29)23-8-5-7-21(2)19-23/h5-10,19,24H,4,11-18,20H2,1-3H3. The molecule has 0 atom stereocenters. The molecule has 5 rings (SSSR count). The van der Waals surface area contributed by atoms with E-state index < -0.39 is 0 Å². The first-order chi connectivity index (χ1) is 16.9. The summed E-state index contributed by atoms with van der Waals surface area (Å²) < 4.78 is 5.18. The number of hydrogen-bond acceptors (Lipinski definition) is 4. The SMILES string of the molecule is CCOC(=O)N1CCC(N2CCC3(CC2)CN(C(C)=O)c2c(-c4cccc(C)c4)cccc23)CC1. The number of rotatable bonds is 3. The van der Waals surface area contributed by atoms with Gasteiger partial charge in [0.15, 0.2) is 0 Å². The Bertz CT molecular complexity index is 1100. The predicted molar refractivity (Wildman–Crippen MR) is 139 cm³/mol. The average molecular weight is 476 g/mol. The van der Waals surface area contributed by atoms with Gasteiger partial charge in [-0.1, -0.05) is 48.0 Å². The van der Waals surface area contributed by atoms with Crippen molar-refractivity contribution in [3.05, 3.63) is 53.6 Å². The molecule has 2 amide bonds. The van der Waals surface area contributed by atoms with Crippen molar-refractivity contribution in [3.63, 3.8) is 0 Å². The van der Waals surface area contributed by atoms with Crippen LogP contribution in [0.2, 0.25) is 0 Å². The topological polar surface area (TPSA) is 53.1 Å². The molecular formula is C29H37N3O3. The van der Waals surface area contributed by atoms with E-state index in [1.54, 1.807) is 6.92 Å². The fourth-order valence-corrected chi connectivity index (χ4v) is 6.42. The molecule has 3 aliphatic heterocycles. The highest BCUT2D eigenvalue weighted by Crippen LogP contribution is 2.51. The van der Waals surface area contributed by atoms with E-state index >= 15 is 0 Å². The molecule has 2 saturated heterocycles. The summed E-state index contributed by atoms with van der Waals surface area (Å²) in [5, 5.41) is 0. The van der Waals surface area contributed by atoms with Gasteiger partial charge in [-0.3, -0.25) is 4.79 Å². The monoisotopic (exact) mass is 475 g/mol. The molecule has 6 heteroatoms. The van der Waals surface area contributed by atoms with Gasteiger partial charge >= 0.3 is 6.09 Å². The molecule has 3 heterocycles.